The van der Waals surface area contributed by atoms with Crippen molar-refractivity contribution in [2.24, 2.45) is 0 Å². The molecular formula is C30H33F3N4O5. The highest BCUT2D eigenvalue weighted by atomic mass is 19.4. The zero-order valence-corrected chi connectivity index (χ0v) is 23.0. The van der Waals surface area contributed by atoms with Crippen LogP contribution in [0.4, 0.5) is 13.2 Å². The number of nitrogens with one attached hydrogen (secondary N) is 2. The molecule has 0 spiro atoms. The van der Waals surface area contributed by atoms with E-state index in [0.29, 0.717) is 48.4 Å². The quantitative estimate of drug-likeness (QED) is 0.345. The summed E-state index contributed by atoms with van der Waals surface area (Å²) < 4.78 is 44.5. The number of imide groups is 1. The zero-order chi connectivity index (χ0) is 29.9. The largest absolute Gasteiger partial charge is 0.493 e. The van der Waals surface area contributed by atoms with E-state index in [2.05, 4.69) is 15.5 Å². The molecule has 224 valence electrons. The summed E-state index contributed by atoms with van der Waals surface area (Å²) in [6.07, 6.45) is -0.712. The van der Waals surface area contributed by atoms with Gasteiger partial charge >= 0.3 is 6.18 Å². The molecule has 2 aromatic rings. The number of fused-ring (bicyclic) bond motifs is 1. The maximum Gasteiger partial charge on any atom is 0.416 e. The van der Waals surface area contributed by atoms with Gasteiger partial charge in [0.05, 0.1) is 24.8 Å². The van der Waals surface area contributed by atoms with Crippen molar-refractivity contribution >= 4 is 23.6 Å². The van der Waals surface area contributed by atoms with Gasteiger partial charge in [-0.1, -0.05) is 24.6 Å². The summed E-state index contributed by atoms with van der Waals surface area (Å²) in [5.74, 6) is -0.640. The van der Waals surface area contributed by atoms with Gasteiger partial charge in [-0.05, 0) is 62.1 Å². The minimum atomic E-state index is -4.40. The molecule has 2 unspecified atom stereocenters. The summed E-state index contributed by atoms with van der Waals surface area (Å²) in [4.78, 5) is 53.5. The number of amides is 4. The molecule has 2 N–H and O–H groups in total. The van der Waals surface area contributed by atoms with Gasteiger partial charge in [0.15, 0.2) is 0 Å². The van der Waals surface area contributed by atoms with E-state index in [1.165, 1.54) is 17.0 Å². The van der Waals surface area contributed by atoms with E-state index in [4.69, 9.17) is 4.74 Å². The lowest BCUT2D eigenvalue weighted by molar-refractivity contribution is -0.138. The Labute approximate surface area is 241 Å². The number of piperidine rings is 2. The van der Waals surface area contributed by atoms with Crippen molar-refractivity contribution < 1.29 is 37.1 Å². The molecule has 9 nitrogen and oxygen atoms in total. The molecule has 2 saturated heterocycles. The van der Waals surface area contributed by atoms with Gasteiger partial charge in [-0.15, -0.1) is 0 Å². The van der Waals surface area contributed by atoms with E-state index < -0.39 is 23.7 Å². The van der Waals surface area contributed by atoms with Gasteiger partial charge in [-0.3, -0.25) is 29.4 Å². The van der Waals surface area contributed by atoms with Crippen molar-refractivity contribution in [2.45, 2.75) is 69.9 Å². The fraction of sp³-hybridized carbons (Fsp3) is 0.467. The highest BCUT2D eigenvalue weighted by Crippen LogP contribution is 2.34. The van der Waals surface area contributed by atoms with Crippen LogP contribution < -0.4 is 15.4 Å². The molecule has 0 aromatic heterocycles. The first-order valence-corrected chi connectivity index (χ1v) is 14.2. The molecule has 0 radical (unpaired) electrons. The third-order valence-electron chi connectivity index (χ3n) is 8.05. The van der Waals surface area contributed by atoms with Crippen LogP contribution in [0.2, 0.25) is 0 Å². The van der Waals surface area contributed by atoms with Crippen LogP contribution in [-0.4, -0.2) is 65.2 Å². The van der Waals surface area contributed by atoms with Crippen LogP contribution in [0.3, 0.4) is 0 Å². The Morgan fingerprint density at radius 2 is 1.83 bits per heavy atom. The number of rotatable bonds is 9. The molecule has 4 amide bonds. The Bertz CT molecular complexity index is 1350. The Balaban J connectivity index is 1.12. The normalized spacial score (nSPS) is 21.2. The summed E-state index contributed by atoms with van der Waals surface area (Å²) >= 11 is 0. The molecule has 2 fully saturated rings. The molecule has 2 atom stereocenters. The maximum atomic E-state index is 13.0. The molecule has 3 heterocycles. The summed E-state index contributed by atoms with van der Waals surface area (Å²) in [5.41, 5.74) is 1.07. The summed E-state index contributed by atoms with van der Waals surface area (Å²) in [6, 6.07) is 8.98. The Morgan fingerprint density at radius 3 is 2.57 bits per heavy atom. The first-order chi connectivity index (χ1) is 20.1. The number of hydrogen-bond donors (Lipinski definition) is 2. The average Bonchev–Trinajstić information content (AvgIpc) is 3.30. The van der Waals surface area contributed by atoms with Crippen LogP contribution in [0, 0.1) is 0 Å². The molecular weight excluding hydrogens is 553 g/mol. The van der Waals surface area contributed by atoms with Crippen molar-refractivity contribution in [3.63, 3.8) is 0 Å². The SMILES string of the molecule is O=C1CCC(N2Cc3c(OCCCN4CCCCC4C(=O)NCc4ccc(C(F)(F)F)cc4)cccc3C2=O)C(=O)N1. The lowest BCUT2D eigenvalue weighted by Crippen LogP contribution is -2.52. The van der Waals surface area contributed by atoms with Gasteiger partial charge in [-0.25, -0.2) is 0 Å². The van der Waals surface area contributed by atoms with Gasteiger partial charge < -0.3 is 15.0 Å². The van der Waals surface area contributed by atoms with Crippen LogP contribution in [0.25, 0.3) is 0 Å². The average molecular weight is 587 g/mol. The third-order valence-corrected chi connectivity index (χ3v) is 8.05. The number of benzene rings is 2. The maximum absolute atomic E-state index is 13.0. The van der Waals surface area contributed by atoms with E-state index in [1.54, 1.807) is 18.2 Å². The molecule has 3 aliphatic rings. The van der Waals surface area contributed by atoms with Gasteiger partial charge in [0, 0.05) is 30.6 Å². The second kappa shape index (κ2) is 12.5. The highest BCUT2D eigenvalue weighted by Gasteiger charge is 2.40. The van der Waals surface area contributed by atoms with Crippen molar-refractivity contribution in [3.8, 4) is 5.75 Å². The number of carbonyl (C=O) groups is 4. The van der Waals surface area contributed by atoms with Crippen LogP contribution in [0.15, 0.2) is 42.5 Å². The number of halogens is 3. The van der Waals surface area contributed by atoms with E-state index in [9.17, 15) is 32.3 Å². The van der Waals surface area contributed by atoms with E-state index in [0.717, 1.165) is 31.5 Å². The number of alkyl halides is 3. The minimum Gasteiger partial charge on any atom is -0.493 e. The monoisotopic (exact) mass is 586 g/mol. The second-order valence-corrected chi connectivity index (χ2v) is 10.8. The molecule has 5 rings (SSSR count). The van der Waals surface area contributed by atoms with Gasteiger partial charge in [-0.2, -0.15) is 13.2 Å². The van der Waals surface area contributed by atoms with Crippen LogP contribution in [0.1, 0.15) is 65.6 Å². The molecule has 0 bridgehead atoms. The lowest BCUT2D eigenvalue weighted by Gasteiger charge is -2.34. The Morgan fingerprint density at radius 1 is 1.05 bits per heavy atom. The first kappa shape index (κ1) is 29.6. The first-order valence-electron chi connectivity index (χ1n) is 14.2. The fourth-order valence-corrected chi connectivity index (χ4v) is 5.82. The Kier molecular flexibility index (Phi) is 8.81. The van der Waals surface area contributed by atoms with Crippen molar-refractivity contribution in [3.05, 3.63) is 64.7 Å². The molecule has 0 saturated carbocycles. The number of hydrogen-bond acceptors (Lipinski definition) is 6. The topological polar surface area (TPSA) is 108 Å². The van der Waals surface area contributed by atoms with E-state index in [1.807, 2.05) is 0 Å². The Hall–Kier alpha value is -3.93. The molecule has 2 aromatic carbocycles. The standard InChI is InChI=1S/C30H33F3N4O5/c31-30(32,33)20-10-8-19(9-11-20)17-34-27(39)23-6-1-2-14-36(23)15-4-16-42-25-7-3-5-21-22(25)18-37(29(21)41)24-12-13-26(38)35-28(24)40/h3,5,7-11,23-24H,1-2,4,6,12-18H2,(H,34,39)(H,35,38,40). The molecule has 42 heavy (non-hydrogen) atoms. The predicted molar refractivity (Wildman–Crippen MR) is 145 cm³/mol. The van der Waals surface area contributed by atoms with Crippen LogP contribution >= 0.6 is 0 Å². The number of nitrogens with zero attached hydrogens (tertiary/aromatic N) is 2. The summed E-state index contributed by atoms with van der Waals surface area (Å²) in [7, 11) is 0. The van der Waals surface area contributed by atoms with Crippen LogP contribution in [0.5, 0.6) is 5.75 Å². The summed E-state index contributed by atoms with van der Waals surface area (Å²) in [6.45, 7) is 2.12. The van der Waals surface area contributed by atoms with Crippen LogP contribution in [-0.2, 0) is 33.6 Å². The van der Waals surface area contributed by atoms with E-state index >= 15 is 0 Å². The van der Waals surface area contributed by atoms with Gasteiger partial charge in [0.2, 0.25) is 17.7 Å². The predicted octanol–water partition coefficient (Wildman–Crippen LogP) is 3.41. The molecule has 0 aliphatic carbocycles. The lowest BCUT2D eigenvalue weighted by atomic mass is 10.0. The highest BCUT2D eigenvalue weighted by molar-refractivity contribution is 6.05. The van der Waals surface area contributed by atoms with Crippen molar-refractivity contribution in [1.82, 2.24) is 20.4 Å². The summed E-state index contributed by atoms with van der Waals surface area (Å²) in [5, 5.41) is 5.17. The minimum absolute atomic E-state index is 0.150. The smallest absolute Gasteiger partial charge is 0.416 e. The van der Waals surface area contributed by atoms with Gasteiger partial charge in [0.25, 0.3) is 5.91 Å². The van der Waals surface area contributed by atoms with Crippen molar-refractivity contribution in [1.29, 1.82) is 0 Å². The second-order valence-electron chi connectivity index (χ2n) is 10.8. The number of carbonyl (C=O) groups excluding carboxylic acids is 4. The number of ether oxygens (including phenoxy) is 1. The van der Waals surface area contributed by atoms with Gasteiger partial charge in [0.1, 0.15) is 11.8 Å². The third kappa shape index (κ3) is 6.59. The fourth-order valence-electron chi connectivity index (χ4n) is 5.82. The molecule has 12 heteroatoms. The zero-order valence-electron chi connectivity index (χ0n) is 23.0. The van der Waals surface area contributed by atoms with Crippen molar-refractivity contribution in [2.75, 3.05) is 19.7 Å². The molecule has 3 aliphatic heterocycles. The number of likely N-dealkylation sites (tertiary alicyclic amines) is 1. The van der Waals surface area contributed by atoms with E-state index in [-0.39, 0.29) is 49.7 Å².